The summed E-state index contributed by atoms with van der Waals surface area (Å²) in [6.07, 6.45) is 3.62. The van der Waals surface area contributed by atoms with Gasteiger partial charge in [-0.1, -0.05) is 19.1 Å². The second-order valence-corrected chi connectivity index (χ2v) is 6.94. The van der Waals surface area contributed by atoms with E-state index in [2.05, 4.69) is 44.6 Å². The highest BCUT2D eigenvalue weighted by atomic mass is 16.2. The fourth-order valence-electron chi connectivity index (χ4n) is 2.87. The molecule has 8 nitrogen and oxygen atoms in total. The molecule has 2 aromatic heterocycles. The van der Waals surface area contributed by atoms with Crippen LogP contribution in [0.4, 0.5) is 5.82 Å². The number of hydrogen-bond donors (Lipinski definition) is 1. The van der Waals surface area contributed by atoms with Gasteiger partial charge in [-0.15, -0.1) is 10.2 Å². The summed E-state index contributed by atoms with van der Waals surface area (Å²) in [5, 5.41) is 19.4. The van der Waals surface area contributed by atoms with Crippen molar-refractivity contribution in [3.63, 3.8) is 0 Å². The van der Waals surface area contributed by atoms with E-state index < -0.39 is 0 Å². The minimum absolute atomic E-state index is 0.160. The van der Waals surface area contributed by atoms with Crippen LogP contribution in [0.25, 0.3) is 0 Å². The van der Waals surface area contributed by atoms with Crippen molar-refractivity contribution < 1.29 is 4.79 Å². The van der Waals surface area contributed by atoms with E-state index in [9.17, 15) is 4.79 Å². The Bertz CT molecular complexity index is 702. The second kappa shape index (κ2) is 7.58. The topological polar surface area (TPSA) is 88.8 Å². The molecule has 3 heterocycles. The van der Waals surface area contributed by atoms with Crippen molar-refractivity contribution >= 4 is 11.7 Å². The van der Waals surface area contributed by atoms with Gasteiger partial charge >= 0.3 is 0 Å². The Morgan fingerprint density at radius 2 is 2.00 bits per heavy atom. The molecule has 1 aliphatic rings. The van der Waals surface area contributed by atoms with Gasteiger partial charge in [-0.3, -0.25) is 4.79 Å². The smallest absolute Gasteiger partial charge is 0.273 e. The van der Waals surface area contributed by atoms with Gasteiger partial charge in [0.1, 0.15) is 0 Å². The first-order valence-corrected chi connectivity index (χ1v) is 8.78. The lowest BCUT2D eigenvalue weighted by atomic mass is 10.1. The van der Waals surface area contributed by atoms with Gasteiger partial charge in [0.05, 0.1) is 17.9 Å². The number of nitrogens with zero attached hydrogens (tertiary/aromatic N) is 6. The third-order valence-corrected chi connectivity index (χ3v) is 4.36. The van der Waals surface area contributed by atoms with Gasteiger partial charge in [0.2, 0.25) is 0 Å². The van der Waals surface area contributed by atoms with E-state index in [4.69, 9.17) is 0 Å². The molecule has 0 aliphatic carbocycles. The Balaban J connectivity index is 1.56. The summed E-state index contributed by atoms with van der Waals surface area (Å²) in [5.74, 6) is 1.16. The fraction of sp³-hybridized carbons (Fsp3) is 0.588. The van der Waals surface area contributed by atoms with Crippen LogP contribution in [0.1, 0.15) is 48.9 Å². The van der Waals surface area contributed by atoms with Gasteiger partial charge in [0.25, 0.3) is 5.91 Å². The molecular weight excluding hydrogens is 318 g/mol. The number of hydrogen-bond acceptors (Lipinski definition) is 6. The van der Waals surface area contributed by atoms with E-state index in [-0.39, 0.29) is 11.9 Å². The minimum atomic E-state index is -0.160. The molecule has 25 heavy (non-hydrogen) atoms. The molecule has 0 radical (unpaired) electrons. The zero-order valence-corrected chi connectivity index (χ0v) is 15.0. The molecule has 0 atom stereocenters. The predicted octanol–water partition coefficient (Wildman–Crippen LogP) is 1.60. The molecule has 1 aliphatic heterocycles. The largest absolute Gasteiger partial charge is 0.355 e. The highest BCUT2D eigenvalue weighted by Gasteiger charge is 2.23. The monoisotopic (exact) mass is 343 g/mol. The molecule has 3 rings (SSSR count). The first-order chi connectivity index (χ1) is 12.0. The van der Waals surface area contributed by atoms with Gasteiger partial charge < -0.3 is 10.2 Å². The van der Waals surface area contributed by atoms with Crippen LogP contribution in [0, 0.1) is 12.8 Å². The zero-order valence-electron chi connectivity index (χ0n) is 15.0. The maximum atomic E-state index is 12.1. The molecule has 8 heteroatoms. The van der Waals surface area contributed by atoms with Gasteiger partial charge in [0, 0.05) is 19.6 Å². The van der Waals surface area contributed by atoms with Crippen molar-refractivity contribution in [2.45, 2.75) is 39.7 Å². The van der Waals surface area contributed by atoms with E-state index in [1.54, 1.807) is 6.20 Å². The van der Waals surface area contributed by atoms with Crippen LogP contribution in [0.15, 0.2) is 18.3 Å². The van der Waals surface area contributed by atoms with Crippen molar-refractivity contribution in [2.75, 3.05) is 24.5 Å². The molecule has 0 bridgehead atoms. The molecule has 2 aromatic rings. The summed E-state index contributed by atoms with van der Waals surface area (Å²) in [7, 11) is 0. The average molecular weight is 343 g/mol. The number of aromatic nitrogens is 5. The third kappa shape index (κ3) is 4.32. The van der Waals surface area contributed by atoms with E-state index >= 15 is 0 Å². The lowest BCUT2D eigenvalue weighted by Crippen LogP contribution is -2.35. The third-order valence-electron chi connectivity index (χ3n) is 4.36. The summed E-state index contributed by atoms with van der Waals surface area (Å²) in [4.78, 5) is 14.3. The Labute approximate surface area is 147 Å². The van der Waals surface area contributed by atoms with E-state index in [0.29, 0.717) is 18.2 Å². The lowest BCUT2D eigenvalue weighted by Gasteiger charge is -2.32. The summed E-state index contributed by atoms with van der Waals surface area (Å²) in [5.41, 5.74) is 1.30. The number of carbonyl (C=O) groups excluding carboxylic acids is 1. The fourth-order valence-corrected chi connectivity index (χ4v) is 2.87. The van der Waals surface area contributed by atoms with Crippen LogP contribution in [0.3, 0.4) is 0 Å². The number of piperidine rings is 1. The minimum Gasteiger partial charge on any atom is -0.355 e. The number of carbonyl (C=O) groups is 1. The summed E-state index contributed by atoms with van der Waals surface area (Å²) >= 11 is 0. The van der Waals surface area contributed by atoms with Gasteiger partial charge in [-0.25, -0.2) is 4.68 Å². The van der Waals surface area contributed by atoms with Crippen LogP contribution >= 0.6 is 0 Å². The van der Waals surface area contributed by atoms with Crippen molar-refractivity contribution in [2.24, 2.45) is 5.92 Å². The molecule has 0 spiro atoms. The highest BCUT2D eigenvalue weighted by molar-refractivity contribution is 5.91. The number of nitrogens with one attached hydrogen (secondary N) is 1. The number of anilines is 1. The lowest BCUT2D eigenvalue weighted by molar-refractivity contribution is 0.0944. The van der Waals surface area contributed by atoms with E-state index in [1.807, 2.05) is 23.7 Å². The molecule has 1 N–H and O–H groups in total. The van der Waals surface area contributed by atoms with Crippen LogP contribution in [-0.4, -0.2) is 50.7 Å². The Morgan fingerprint density at radius 3 is 2.64 bits per heavy atom. The van der Waals surface area contributed by atoms with Crippen LogP contribution in [0.2, 0.25) is 0 Å². The van der Waals surface area contributed by atoms with Crippen LogP contribution < -0.4 is 10.2 Å². The van der Waals surface area contributed by atoms with Gasteiger partial charge in [-0.2, -0.15) is 5.10 Å². The van der Waals surface area contributed by atoms with Gasteiger partial charge in [0.15, 0.2) is 11.5 Å². The van der Waals surface area contributed by atoms with Gasteiger partial charge in [-0.05, 0) is 37.8 Å². The normalized spacial score (nSPS) is 15.6. The number of aryl methyl sites for hydroxylation is 1. The molecule has 0 unspecified atom stereocenters. The second-order valence-electron chi connectivity index (χ2n) is 6.94. The molecule has 1 saturated heterocycles. The van der Waals surface area contributed by atoms with E-state index in [1.165, 1.54) is 0 Å². The maximum Gasteiger partial charge on any atom is 0.273 e. The molecule has 0 aromatic carbocycles. The summed E-state index contributed by atoms with van der Waals surface area (Å²) in [6.45, 7) is 8.46. The first kappa shape index (κ1) is 17.3. The average Bonchev–Trinajstić information content (AvgIpc) is 3.11. The van der Waals surface area contributed by atoms with Crippen molar-refractivity contribution in [1.29, 1.82) is 0 Å². The number of amides is 1. The summed E-state index contributed by atoms with van der Waals surface area (Å²) in [6, 6.07) is 4.25. The standard InChI is InChI=1S/C17H25N7O/c1-12(2)10-18-17(25)15-11-24(22-20-15)14-6-8-23(9-7-14)16-5-4-13(3)19-21-16/h4-5,11-12,14H,6-10H2,1-3H3,(H,18,25). The SMILES string of the molecule is Cc1ccc(N2CCC(n3cc(C(=O)NCC(C)C)nn3)CC2)nn1. The maximum absolute atomic E-state index is 12.1. The first-order valence-electron chi connectivity index (χ1n) is 8.78. The van der Waals surface area contributed by atoms with Crippen LogP contribution in [0.5, 0.6) is 0 Å². The molecule has 1 amide bonds. The Kier molecular flexibility index (Phi) is 5.25. The van der Waals surface area contributed by atoms with E-state index in [0.717, 1.165) is 37.4 Å². The van der Waals surface area contributed by atoms with Crippen LogP contribution in [-0.2, 0) is 0 Å². The molecule has 1 fully saturated rings. The molecule has 134 valence electrons. The number of rotatable bonds is 5. The van der Waals surface area contributed by atoms with Crippen molar-refractivity contribution in [1.82, 2.24) is 30.5 Å². The predicted molar refractivity (Wildman–Crippen MR) is 94.4 cm³/mol. The zero-order chi connectivity index (χ0) is 17.8. The Morgan fingerprint density at radius 1 is 1.24 bits per heavy atom. The summed E-state index contributed by atoms with van der Waals surface area (Å²) < 4.78 is 1.82. The van der Waals surface area contributed by atoms with Crippen molar-refractivity contribution in [3.05, 3.63) is 29.7 Å². The van der Waals surface area contributed by atoms with Crippen molar-refractivity contribution in [3.8, 4) is 0 Å². The molecular formula is C17H25N7O. The Hall–Kier alpha value is -2.51. The molecule has 0 saturated carbocycles. The highest BCUT2D eigenvalue weighted by Crippen LogP contribution is 2.24. The quantitative estimate of drug-likeness (QED) is 0.887.